The lowest BCUT2D eigenvalue weighted by atomic mass is 9.92. The summed E-state index contributed by atoms with van der Waals surface area (Å²) in [6.07, 6.45) is 3.19. The van der Waals surface area contributed by atoms with Gasteiger partial charge >= 0.3 is 0 Å². The molecule has 0 radical (unpaired) electrons. The van der Waals surface area contributed by atoms with E-state index in [-0.39, 0.29) is 5.56 Å². The molecule has 0 spiro atoms. The van der Waals surface area contributed by atoms with Gasteiger partial charge in [0.2, 0.25) is 0 Å². The van der Waals surface area contributed by atoms with Crippen molar-refractivity contribution < 1.29 is 0 Å². The van der Waals surface area contributed by atoms with Gasteiger partial charge in [0.25, 0.3) is 5.56 Å². The third-order valence-corrected chi connectivity index (χ3v) is 5.06. The lowest BCUT2D eigenvalue weighted by molar-refractivity contribution is 1.12. The minimum atomic E-state index is -0.252. The van der Waals surface area contributed by atoms with Crippen molar-refractivity contribution in [3.8, 4) is 22.3 Å². The summed E-state index contributed by atoms with van der Waals surface area (Å²) < 4.78 is 0. The highest BCUT2D eigenvalue weighted by atomic mass is 16.1. The third kappa shape index (κ3) is 2.39. The summed E-state index contributed by atoms with van der Waals surface area (Å²) in [6.45, 7) is 2.04. The fraction of sp³-hybridized carbons (Fsp3) is 0.0455. The Hall–Kier alpha value is -3.93. The molecule has 0 fully saturated rings. The maximum absolute atomic E-state index is 12.7. The van der Waals surface area contributed by atoms with Crippen LogP contribution < -0.4 is 11.3 Å². The minimum Gasteiger partial charge on any atom is -0.398 e. The maximum atomic E-state index is 12.7. The molecule has 2 heterocycles. The molecule has 0 saturated carbocycles. The lowest BCUT2D eigenvalue weighted by Gasteiger charge is -2.14. The fourth-order valence-electron chi connectivity index (χ4n) is 3.74. The van der Waals surface area contributed by atoms with Crippen molar-refractivity contribution in [1.29, 1.82) is 0 Å². The van der Waals surface area contributed by atoms with Gasteiger partial charge in [0, 0.05) is 16.5 Å². The number of aromatic amines is 2. The number of nitrogens with two attached hydrogens (primary N) is 1. The van der Waals surface area contributed by atoms with Crippen LogP contribution in [0.3, 0.4) is 0 Å². The van der Waals surface area contributed by atoms with Crippen LogP contribution >= 0.6 is 0 Å². The molecule has 5 rings (SSSR count). The van der Waals surface area contributed by atoms with E-state index in [2.05, 4.69) is 26.2 Å². The van der Waals surface area contributed by atoms with Crippen molar-refractivity contribution in [2.45, 2.75) is 6.92 Å². The highest BCUT2D eigenvalue weighted by Crippen LogP contribution is 2.39. The van der Waals surface area contributed by atoms with Gasteiger partial charge in [-0.25, -0.2) is 4.98 Å². The number of nitrogen functional groups attached to an aromatic ring is 1. The highest BCUT2D eigenvalue weighted by molar-refractivity contribution is 6.09. The van der Waals surface area contributed by atoms with Crippen molar-refractivity contribution in [1.82, 2.24) is 20.2 Å². The van der Waals surface area contributed by atoms with Crippen molar-refractivity contribution in [3.05, 3.63) is 77.0 Å². The molecule has 6 nitrogen and oxygen atoms in total. The van der Waals surface area contributed by atoms with Crippen molar-refractivity contribution in [2.24, 2.45) is 0 Å². The first-order valence-electron chi connectivity index (χ1n) is 8.93. The Labute approximate surface area is 160 Å². The fourth-order valence-corrected chi connectivity index (χ4v) is 3.74. The number of rotatable bonds is 2. The number of hydrogen-bond acceptors (Lipinski definition) is 4. The zero-order valence-corrected chi connectivity index (χ0v) is 15.2. The van der Waals surface area contributed by atoms with Gasteiger partial charge in [-0.2, -0.15) is 5.10 Å². The minimum absolute atomic E-state index is 0.252. The third-order valence-electron chi connectivity index (χ3n) is 5.06. The van der Waals surface area contributed by atoms with E-state index in [0.717, 1.165) is 38.7 Å². The number of aromatic nitrogens is 4. The van der Waals surface area contributed by atoms with Crippen LogP contribution in [-0.4, -0.2) is 20.2 Å². The van der Waals surface area contributed by atoms with E-state index in [1.807, 2.05) is 49.4 Å². The second kappa shape index (κ2) is 6.06. The van der Waals surface area contributed by atoms with E-state index >= 15 is 0 Å². The van der Waals surface area contributed by atoms with Crippen LogP contribution in [0, 0.1) is 6.92 Å². The average molecular weight is 367 g/mol. The van der Waals surface area contributed by atoms with Gasteiger partial charge in [-0.05, 0) is 30.2 Å². The number of fused-ring (bicyclic) bond motifs is 2. The van der Waals surface area contributed by atoms with E-state index < -0.39 is 0 Å². The molecule has 136 valence electrons. The molecule has 4 N–H and O–H groups in total. The Morgan fingerprint density at radius 2 is 1.86 bits per heavy atom. The van der Waals surface area contributed by atoms with Crippen molar-refractivity contribution in [2.75, 3.05) is 5.73 Å². The van der Waals surface area contributed by atoms with Crippen LogP contribution in [0.4, 0.5) is 5.69 Å². The topological polar surface area (TPSA) is 100 Å². The molecule has 0 saturated heterocycles. The van der Waals surface area contributed by atoms with E-state index in [9.17, 15) is 4.79 Å². The number of aryl methyl sites for hydroxylation is 1. The van der Waals surface area contributed by atoms with Crippen LogP contribution in [0.1, 0.15) is 5.56 Å². The Morgan fingerprint density at radius 1 is 1.00 bits per heavy atom. The number of nitrogens with one attached hydrogen (secondary N) is 2. The van der Waals surface area contributed by atoms with Crippen LogP contribution in [0.5, 0.6) is 0 Å². The molecule has 0 aliphatic rings. The second-order valence-corrected chi connectivity index (χ2v) is 6.85. The van der Waals surface area contributed by atoms with Crippen molar-refractivity contribution in [3.63, 3.8) is 0 Å². The summed E-state index contributed by atoms with van der Waals surface area (Å²) in [5.74, 6) is 0. The van der Waals surface area contributed by atoms with Gasteiger partial charge in [0.15, 0.2) is 0 Å². The zero-order valence-electron chi connectivity index (χ0n) is 15.2. The molecule has 28 heavy (non-hydrogen) atoms. The number of anilines is 1. The van der Waals surface area contributed by atoms with Crippen LogP contribution in [0.2, 0.25) is 0 Å². The molecule has 0 aliphatic heterocycles. The number of nitrogens with zero attached hydrogens (tertiary/aromatic N) is 2. The molecule has 6 heteroatoms. The molecule has 0 unspecified atom stereocenters. The van der Waals surface area contributed by atoms with Crippen LogP contribution in [0.25, 0.3) is 44.1 Å². The highest BCUT2D eigenvalue weighted by Gasteiger charge is 2.18. The van der Waals surface area contributed by atoms with Gasteiger partial charge < -0.3 is 10.7 Å². The summed E-state index contributed by atoms with van der Waals surface area (Å²) in [5, 5.41) is 8.47. The first-order chi connectivity index (χ1) is 13.6. The van der Waals surface area contributed by atoms with Gasteiger partial charge in [-0.1, -0.05) is 42.0 Å². The Kier molecular flexibility index (Phi) is 3.52. The van der Waals surface area contributed by atoms with E-state index in [1.165, 1.54) is 6.33 Å². The number of H-pyrrole nitrogens is 2. The van der Waals surface area contributed by atoms with Crippen molar-refractivity contribution >= 4 is 27.5 Å². The summed E-state index contributed by atoms with van der Waals surface area (Å²) in [7, 11) is 0. The molecular formula is C22H17N5O. The molecule has 0 aliphatic carbocycles. The average Bonchev–Trinajstić information content (AvgIpc) is 3.17. The van der Waals surface area contributed by atoms with Gasteiger partial charge in [0.05, 0.1) is 34.6 Å². The normalized spacial score (nSPS) is 11.3. The predicted molar refractivity (Wildman–Crippen MR) is 112 cm³/mol. The molecule has 5 aromatic rings. The summed E-state index contributed by atoms with van der Waals surface area (Å²) in [4.78, 5) is 19.7. The van der Waals surface area contributed by atoms with Gasteiger partial charge in [0.1, 0.15) is 0 Å². The first kappa shape index (κ1) is 16.3. The molecular weight excluding hydrogens is 350 g/mol. The standard InChI is InChI=1S/C22H17N5O/c1-12-4-2-5-13(8-12)15-9-16(14-6-3-7-18-17(14)10-26-27-18)20(23)19-21(15)24-11-25-22(19)28/h2-11H,23H2,1H3,(H,26,27)(H,24,25,28). The predicted octanol–water partition coefficient (Wildman–Crippen LogP) is 4.02. The Bertz CT molecular complexity index is 1410. The molecule has 0 amide bonds. The summed E-state index contributed by atoms with van der Waals surface area (Å²) in [6, 6.07) is 16.0. The van der Waals surface area contributed by atoms with E-state index in [0.29, 0.717) is 16.6 Å². The monoisotopic (exact) mass is 367 g/mol. The van der Waals surface area contributed by atoms with E-state index in [4.69, 9.17) is 5.73 Å². The lowest BCUT2D eigenvalue weighted by Crippen LogP contribution is -2.10. The summed E-state index contributed by atoms with van der Waals surface area (Å²) >= 11 is 0. The largest absolute Gasteiger partial charge is 0.398 e. The maximum Gasteiger partial charge on any atom is 0.260 e. The smallest absolute Gasteiger partial charge is 0.260 e. The van der Waals surface area contributed by atoms with Crippen LogP contribution in [0.15, 0.2) is 65.8 Å². The SMILES string of the molecule is Cc1cccc(-c2cc(-c3cccc4[nH]ncc34)c(N)c3c(=O)[nH]cnc23)c1. The first-order valence-corrected chi connectivity index (χ1v) is 8.93. The number of hydrogen-bond donors (Lipinski definition) is 3. The Morgan fingerprint density at radius 3 is 2.71 bits per heavy atom. The van der Waals surface area contributed by atoms with Gasteiger partial charge in [-0.3, -0.25) is 9.89 Å². The molecule has 3 aromatic carbocycles. The van der Waals surface area contributed by atoms with Crippen LogP contribution in [-0.2, 0) is 0 Å². The number of benzene rings is 3. The quantitative estimate of drug-likeness (QED) is 0.410. The zero-order chi connectivity index (χ0) is 19.3. The second-order valence-electron chi connectivity index (χ2n) is 6.85. The molecule has 0 bridgehead atoms. The molecule has 0 atom stereocenters. The van der Waals surface area contributed by atoms with Gasteiger partial charge in [-0.15, -0.1) is 0 Å². The summed E-state index contributed by atoms with van der Waals surface area (Å²) in [5.41, 5.74) is 12.9. The van der Waals surface area contributed by atoms with E-state index in [1.54, 1.807) is 6.20 Å². The molecule has 2 aromatic heterocycles. The Balaban J connectivity index is 1.94.